The molecule has 1 aliphatic rings. The third-order valence-corrected chi connectivity index (χ3v) is 6.86. The third-order valence-electron chi connectivity index (χ3n) is 6.86. The first kappa shape index (κ1) is 23.2. The van der Waals surface area contributed by atoms with Crippen molar-refractivity contribution in [2.75, 3.05) is 7.11 Å². The summed E-state index contributed by atoms with van der Waals surface area (Å²) in [5, 5.41) is 0. The van der Waals surface area contributed by atoms with Crippen LogP contribution < -0.4 is 4.74 Å². The summed E-state index contributed by atoms with van der Waals surface area (Å²) in [6, 6.07) is 15.7. The van der Waals surface area contributed by atoms with E-state index in [1.54, 1.807) is 36.4 Å². The van der Waals surface area contributed by atoms with Crippen molar-refractivity contribution >= 4 is 12.2 Å². The molecule has 3 aromatic rings. The SMILES string of the molecule is CCC1CCC(c2ccc(/C=C/c3ccc(-c4ccc(OC)c(F)c4)cc3)c(F)c2F)CC1. The molecule has 0 amide bonds. The van der Waals surface area contributed by atoms with E-state index < -0.39 is 17.5 Å². The number of rotatable bonds is 6. The standard InChI is InChI=1S/C29H29F3O/c1-3-19-4-11-22(12-5-19)25-16-14-23(28(31)29(25)32)13-8-20-6-9-21(10-7-20)24-15-17-27(33-2)26(30)18-24/h6-10,13-19,22H,3-5,11-12H2,1-2H3/b13-8+. The Bertz CT molecular complexity index is 1130. The average Bonchev–Trinajstić information content (AvgIpc) is 2.85. The first-order valence-corrected chi connectivity index (χ1v) is 11.6. The molecule has 0 saturated heterocycles. The molecule has 0 N–H and O–H groups in total. The molecule has 4 heteroatoms. The van der Waals surface area contributed by atoms with E-state index in [0.29, 0.717) is 11.5 Å². The number of halogens is 3. The summed E-state index contributed by atoms with van der Waals surface area (Å²) in [4.78, 5) is 0. The normalized spacial score (nSPS) is 18.6. The lowest BCUT2D eigenvalue weighted by molar-refractivity contribution is 0.312. The first-order chi connectivity index (χ1) is 16.0. The quantitative estimate of drug-likeness (QED) is 0.342. The Hall–Kier alpha value is -3.01. The van der Waals surface area contributed by atoms with Crippen LogP contribution in [0, 0.1) is 23.4 Å². The van der Waals surface area contributed by atoms with Gasteiger partial charge in [0.05, 0.1) is 7.11 Å². The number of hydrogen-bond donors (Lipinski definition) is 0. The van der Waals surface area contributed by atoms with Gasteiger partial charge in [0.2, 0.25) is 0 Å². The molecule has 1 fully saturated rings. The van der Waals surface area contributed by atoms with Crippen molar-refractivity contribution in [3.8, 4) is 16.9 Å². The van der Waals surface area contributed by atoms with Crippen molar-refractivity contribution < 1.29 is 17.9 Å². The van der Waals surface area contributed by atoms with Crippen LogP contribution in [0.2, 0.25) is 0 Å². The van der Waals surface area contributed by atoms with Gasteiger partial charge in [-0.3, -0.25) is 0 Å². The van der Waals surface area contributed by atoms with Gasteiger partial charge in [-0.2, -0.15) is 0 Å². The van der Waals surface area contributed by atoms with E-state index in [9.17, 15) is 13.2 Å². The molecule has 1 nitrogen and oxygen atoms in total. The highest BCUT2D eigenvalue weighted by atomic mass is 19.2. The zero-order valence-electron chi connectivity index (χ0n) is 19.1. The van der Waals surface area contributed by atoms with Gasteiger partial charge in [0.1, 0.15) is 0 Å². The molecule has 4 rings (SSSR count). The van der Waals surface area contributed by atoms with Crippen molar-refractivity contribution in [1.29, 1.82) is 0 Å². The number of hydrogen-bond acceptors (Lipinski definition) is 1. The Morgan fingerprint density at radius 2 is 1.52 bits per heavy atom. The smallest absolute Gasteiger partial charge is 0.166 e. The lowest BCUT2D eigenvalue weighted by Gasteiger charge is -2.28. The maximum Gasteiger partial charge on any atom is 0.166 e. The minimum Gasteiger partial charge on any atom is -0.494 e. The summed E-state index contributed by atoms with van der Waals surface area (Å²) in [7, 11) is 1.43. The largest absolute Gasteiger partial charge is 0.494 e. The second-order valence-electron chi connectivity index (χ2n) is 8.80. The zero-order chi connectivity index (χ0) is 23.4. The fourth-order valence-corrected chi connectivity index (χ4v) is 4.72. The molecule has 1 aliphatic carbocycles. The van der Waals surface area contributed by atoms with Crippen LogP contribution in [0.4, 0.5) is 13.2 Å². The van der Waals surface area contributed by atoms with E-state index in [2.05, 4.69) is 6.92 Å². The summed E-state index contributed by atoms with van der Waals surface area (Å²) in [5.41, 5.74) is 3.18. The van der Waals surface area contributed by atoms with E-state index in [0.717, 1.165) is 48.8 Å². The fraction of sp³-hybridized carbons (Fsp3) is 0.310. The second kappa shape index (κ2) is 10.3. The Labute approximate surface area is 193 Å². The highest BCUT2D eigenvalue weighted by molar-refractivity contribution is 5.72. The summed E-state index contributed by atoms with van der Waals surface area (Å²) < 4.78 is 48.5. The maximum atomic E-state index is 14.8. The van der Waals surface area contributed by atoms with Gasteiger partial charge in [-0.05, 0) is 71.9 Å². The molecular formula is C29H29F3O. The molecule has 0 heterocycles. The van der Waals surface area contributed by atoms with Crippen LogP contribution in [0.1, 0.15) is 61.6 Å². The second-order valence-corrected chi connectivity index (χ2v) is 8.80. The van der Waals surface area contributed by atoms with Crippen molar-refractivity contribution in [2.24, 2.45) is 5.92 Å². The third kappa shape index (κ3) is 5.16. The lowest BCUT2D eigenvalue weighted by Crippen LogP contribution is -2.14. The first-order valence-electron chi connectivity index (χ1n) is 11.6. The molecule has 0 aliphatic heterocycles. The van der Waals surface area contributed by atoms with Crippen molar-refractivity contribution in [3.63, 3.8) is 0 Å². The molecule has 0 unspecified atom stereocenters. The summed E-state index contributed by atoms with van der Waals surface area (Å²) >= 11 is 0. The number of methoxy groups -OCH3 is 1. The molecule has 1 saturated carbocycles. The van der Waals surface area contributed by atoms with E-state index in [4.69, 9.17) is 4.74 Å². The van der Waals surface area contributed by atoms with Gasteiger partial charge >= 0.3 is 0 Å². The molecule has 172 valence electrons. The van der Waals surface area contributed by atoms with E-state index in [1.165, 1.54) is 13.2 Å². The molecule has 0 aromatic heterocycles. The van der Waals surface area contributed by atoms with Gasteiger partial charge in [0.25, 0.3) is 0 Å². The summed E-state index contributed by atoms with van der Waals surface area (Å²) in [6.45, 7) is 2.19. The molecule has 0 spiro atoms. The van der Waals surface area contributed by atoms with Crippen molar-refractivity contribution in [2.45, 2.75) is 44.9 Å². The lowest BCUT2D eigenvalue weighted by atomic mass is 9.77. The van der Waals surface area contributed by atoms with Crippen LogP contribution in [0.25, 0.3) is 23.3 Å². The van der Waals surface area contributed by atoms with Crippen LogP contribution in [-0.4, -0.2) is 7.11 Å². The van der Waals surface area contributed by atoms with Crippen LogP contribution in [-0.2, 0) is 0 Å². The van der Waals surface area contributed by atoms with Gasteiger partial charge in [0, 0.05) is 5.56 Å². The minimum atomic E-state index is -0.785. The highest BCUT2D eigenvalue weighted by Crippen LogP contribution is 2.38. The Kier molecular flexibility index (Phi) is 7.22. The average molecular weight is 451 g/mol. The number of ether oxygens (including phenoxy) is 1. The van der Waals surface area contributed by atoms with Gasteiger partial charge in [-0.1, -0.05) is 68.0 Å². The Balaban J connectivity index is 1.47. The molecule has 0 atom stereocenters. The predicted molar refractivity (Wildman–Crippen MR) is 129 cm³/mol. The van der Waals surface area contributed by atoms with E-state index in [1.807, 2.05) is 24.3 Å². The van der Waals surface area contributed by atoms with E-state index in [-0.39, 0.29) is 17.2 Å². The van der Waals surface area contributed by atoms with Crippen molar-refractivity contribution in [1.82, 2.24) is 0 Å². The minimum absolute atomic E-state index is 0.107. The Morgan fingerprint density at radius 3 is 2.15 bits per heavy atom. The zero-order valence-corrected chi connectivity index (χ0v) is 19.1. The maximum absolute atomic E-state index is 14.8. The summed E-state index contributed by atoms with van der Waals surface area (Å²) in [5.74, 6) is -0.895. The van der Waals surface area contributed by atoms with Crippen LogP contribution in [0.15, 0.2) is 54.6 Å². The van der Waals surface area contributed by atoms with Gasteiger partial charge in [-0.25, -0.2) is 13.2 Å². The molecule has 3 aromatic carbocycles. The monoisotopic (exact) mass is 450 g/mol. The summed E-state index contributed by atoms with van der Waals surface area (Å²) in [6.07, 6.45) is 8.53. The number of benzene rings is 3. The van der Waals surface area contributed by atoms with Gasteiger partial charge < -0.3 is 4.74 Å². The van der Waals surface area contributed by atoms with Gasteiger partial charge in [-0.15, -0.1) is 0 Å². The topological polar surface area (TPSA) is 9.23 Å². The molecular weight excluding hydrogens is 421 g/mol. The molecule has 0 bridgehead atoms. The van der Waals surface area contributed by atoms with Crippen LogP contribution in [0.5, 0.6) is 5.75 Å². The Morgan fingerprint density at radius 1 is 0.818 bits per heavy atom. The van der Waals surface area contributed by atoms with E-state index >= 15 is 0 Å². The van der Waals surface area contributed by atoms with Crippen LogP contribution >= 0.6 is 0 Å². The highest BCUT2D eigenvalue weighted by Gasteiger charge is 2.25. The van der Waals surface area contributed by atoms with Gasteiger partial charge in [0.15, 0.2) is 23.2 Å². The predicted octanol–water partition coefficient (Wildman–Crippen LogP) is 8.63. The molecule has 33 heavy (non-hydrogen) atoms. The molecule has 0 radical (unpaired) electrons. The van der Waals surface area contributed by atoms with Crippen LogP contribution in [0.3, 0.4) is 0 Å². The fourth-order valence-electron chi connectivity index (χ4n) is 4.72. The van der Waals surface area contributed by atoms with Crippen molar-refractivity contribution in [3.05, 3.63) is 88.7 Å².